The molecule has 96 valence electrons. The molecule has 1 aromatic heterocycles. The van der Waals surface area contributed by atoms with E-state index in [1.165, 1.54) is 12.8 Å². The van der Waals surface area contributed by atoms with E-state index in [0.717, 1.165) is 18.5 Å². The van der Waals surface area contributed by atoms with Crippen molar-refractivity contribution in [2.75, 3.05) is 20.2 Å². The molecule has 1 aromatic rings. The number of likely N-dealkylation sites (tertiary alicyclic amines) is 1. The number of pyridine rings is 1. The summed E-state index contributed by atoms with van der Waals surface area (Å²) >= 11 is 0. The lowest BCUT2D eigenvalue weighted by molar-refractivity contribution is 0.122. The zero-order chi connectivity index (χ0) is 13.0. The van der Waals surface area contributed by atoms with Crippen molar-refractivity contribution in [3.63, 3.8) is 0 Å². The maximum absolute atomic E-state index is 9.11. The molecule has 1 aliphatic rings. The van der Waals surface area contributed by atoms with Crippen LogP contribution in [-0.2, 0) is 0 Å². The van der Waals surface area contributed by atoms with Gasteiger partial charge in [0.25, 0.3) is 0 Å². The minimum atomic E-state index is 0.438. The SMILES string of the molecule is Cc1ccnc(OCC2CCCCN2C)c1C#N. The van der Waals surface area contributed by atoms with Crippen molar-refractivity contribution in [2.45, 2.75) is 32.2 Å². The van der Waals surface area contributed by atoms with Crippen LogP contribution in [0.15, 0.2) is 12.3 Å². The van der Waals surface area contributed by atoms with E-state index in [-0.39, 0.29) is 0 Å². The summed E-state index contributed by atoms with van der Waals surface area (Å²) in [6, 6.07) is 4.43. The lowest BCUT2D eigenvalue weighted by Crippen LogP contribution is -2.40. The van der Waals surface area contributed by atoms with Crippen LogP contribution in [0.5, 0.6) is 5.88 Å². The highest BCUT2D eigenvalue weighted by Gasteiger charge is 2.20. The zero-order valence-electron chi connectivity index (χ0n) is 11.0. The predicted molar refractivity (Wildman–Crippen MR) is 69.5 cm³/mol. The van der Waals surface area contributed by atoms with Gasteiger partial charge in [-0.1, -0.05) is 6.42 Å². The third-order valence-corrected chi connectivity index (χ3v) is 3.57. The average Bonchev–Trinajstić information content (AvgIpc) is 2.38. The first-order valence-corrected chi connectivity index (χ1v) is 6.41. The molecule has 0 N–H and O–H groups in total. The fraction of sp³-hybridized carbons (Fsp3) is 0.571. The van der Waals surface area contributed by atoms with Crippen LogP contribution in [0, 0.1) is 18.3 Å². The molecule has 0 aromatic carbocycles. The van der Waals surface area contributed by atoms with Gasteiger partial charge in [-0.05, 0) is 45.0 Å². The molecule has 4 heteroatoms. The van der Waals surface area contributed by atoms with Gasteiger partial charge < -0.3 is 9.64 Å². The molecule has 1 atom stereocenters. The van der Waals surface area contributed by atoms with Crippen LogP contribution in [-0.4, -0.2) is 36.1 Å². The van der Waals surface area contributed by atoms with Crippen molar-refractivity contribution in [1.29, 1.82) is 5.26 Å². The fourth-order valence-corrected chi connectivity index (χ4v) is 2.31. The Morgan fingerprint density at radius 3 is 3.11 bits per heavy atom. The number of rotatable bonds is 3. The summed E-state index contributed by atoms with van der Waals surface area (Å²) in [5.74, 6) is 0.469. The number of piperidine rings is 1. The Bertz CT molecular complexity index is 453. The second-order valence-corrected chi connectivity index (χ2v) is 4.86. The summed E-state index contributed by atoms with van der Waals surface area (Å²) in [7, 11) is 2.13. The number of nitriles is 1. The molecule has 2 heterocycles. The van der Waals surface area contributed by atoms with Crippen molar-refractivity contribution < 1.29 is 4.74 Å². The Kier molecular flexibility index (Phi) is 4.16. The number of nitrogens with zero attached hydrogens (tertiary/aromatic N) is 3. The summed E-state index contributed by atoms with van der Waals surface area (Å²) in [5, 5.41) is 9.11. The van der Waals surface area contributed by atoms with Crippen molar-refractivity contribution in [3.8, 4) is 11.9 Å². The molecule has 1 saturated heterocycles. The molecule has 0 saturated carbocycles. The lowest BCUT2D eigenvalue weighted by Gasteiger charge is -2.32. The molecular weight excluding hydrogens is 226 g/mol. The fourth-order valence-electron chi connectivity index (χ4n) is 2.31. The molecule has 1 fully saturated rings. The van der Waals surface area contributed by atoms with Gasteiger partial charge in [-0.25, -0.2) is 4.98 Å². The molecule has 2 rings (SSSR count). The third-order valence-electron chi connectivity index (χ3n) is 3.57. The van der Waals surface area contributed by atoms with E-state index in [1.807, 2.05) is 13.0 Å². The maximum Gasteiger partial charge on any atom is 0.231 e. The molecule has 4 nitrogen and oxygen atoms in total. The van der Waals surface area contributed by atoms with Gasteiger partial charge in [-0.3, -0.25) is 0 Å². The molecule has 0 amide bonds. The molecule has 0 bridgehead atoms. The highest BCUT2D eigenvalue weighted by molar-refractivity contribution is 5.43. The van der Waals surface area contributed by atoms with Crippen LogP contribution in [0.1, 0.15) is 30.4 Å². The quantitative estimate of drug-likeness (QED) is 0.818. The Morgan fingerprint density at radius 2 is 2.39 bits per heavy atom. The summed E-state index contributed by atoms with van der Waals surface area (Å²) < 4.78 is 5.74. The minimum absolute atomic E-state index is 0.438. The Morgan fingerprint density at radius 1 is 1.56 bits per heavy atom. The number of hydrogen-bond acceptors (Lipinski definition) is 4. The van der Waals surface area contributed by atoms with E-state index in [1.54, 1.807) is 6.20 Å². The second-order valence-electron chi connectivity index (χ2n) is 4.86. The Hall–Kier alpha value is -1.60. The van der Waals surface area contributed by atoms with E-state index in [4.69, 9.17) is 10.00 Å². The Balaban J connectivity index is 2.02. The number of likely N-dealkylation sites (N-methyl/N-ethyl adjacent to an activating group) is 1. The van der Waals surface area contributed by atoms with Gasteiger partial charge >= 0.3 is 0 Å². The van der Waals surface area contributed by atoms with Crippen LogP contribution in [0.4, 0.5) is 0 Å². The van der Waals surface area contributed by atoms with E-state index >= 15 is 0 Å². The van der Waals surface area contributed by atoms with E-state index in [2.05, 4.69) is 23.0 Å². The summed E-state index contributed by atoms with van der Waals surface area (Å²) in [6.07, 6.45) is 5.37. The predicted octanol–water partition coefficient (Wildman–Crippen LogP) is 2.12. The molecule has 1 aliphatic heterocycles. The van der Waals surface area contributed by atoms with Crippen LogP contribution >= 0.6 is 0 Å². The first-order valence-electron chi connectivity index (χ1n) is 6.41. The first-order chi connectivity index (χ1) is 8.72. The molecular formula is C14H19N3O. The van der Waals surface area contributed by atoms with Crippen molar-refractivity contribution in [3.05, 3.63) is 23.4 Å². The summed E-state index contributed by atoms with van der Waals surface area (Å²) in [4.78, 5) is 6.48. The van der Waals surface area contributed by atoms with Crippen LogP contribution in [0.25, 0.3) is 0 Å². The molecule has 0 radical (unpaired) electrons. The number of hydrogen-bond donors (Lipinski definition) is 0. The lowest BCUT2D eigenvalue weighted by atomic mass is 10.0. The van der Waals surface area contributed by atoms with Crippen molar-refractivity contribution >= 4 is 0 Å². The van der Waals surface area contributed by atoms with Crippen molar-refractivity contribution in [2.24, 2.45) is 0 Å². The van der Waals surface area contributed by atoms with Crippen LogP contribution < -0.4 is 4.74 Å². The minimum Gasteiger partial charge on any atom is -0.475 e. The highest BCUT2D eigenvalue weighted by atomic mass is 16.5. The molecule has 18 heavy (non-hydrogen) atoms. The topological polar surface area (TPSA) is 49.1 Å². The van der Waals surface area contributed by atoms with E-state index in [0.29, 0.717) is 24.1 Å². The Labute approximate surface area is 108 Å². The monoisotopic (exact) mass is 245 g/mol. The van der Waals surface area contributed by atoms with E-state index < -0.39 is 0 Å². The van der Waals surface area contributed by atoms with Gasteiger partial charge in [0, 0.05) is 12.2 Å². The number of aryl methyl sites for hydroxylation is 1. The van der Waals surface area contributed by atoms with Gasteiger partial charge in [0.05, 0.1) is 0 Å². The summed E-state index contributed by atoms with van der Waals surface area (Å²) in [5.41, 5.74) is 1.47. The zero-order valence-corrected chi connectivity index (χ0v) is 11.0. The van der Waals surface area contributed by atoms with E-state index in [9.17, 15) is 0 Å². The standard InChI is InChI=1S/C14H19N3O/c1-11-6-7-16-14(13(11)9-15)18-10-12-5-3-4-8-17(12)2/h6-7,12H,3-5,8,10H2,1-2H3. The number of ether oxygens (including phenoxy) is 1. The average molecular weight is 245 g/mol. The molecule has 0 aliphatic carbocycles. The molecule has 1 unspecified atom stereocenters. The molecule has 0 spiro atoms. The van der Waals surface area contributed by atoms with Gasteiger partial charge in [-0.15, -0.1) is 0 Å². The van der Waals surface area contributed by atoms with Gasteiger partial charge in [0.2, 0.25) is 5.88 Å². The third kappa shape index (κ3) is 2.80. The first kappa shape index (κ1) is 12.8. The maximum atomic E-state index is 9.11. The summed E-state index contributed by atoms with van der Waals surface area (Å²) in [6.45, 7) is 3.64. The normalized spacial score (nSPS) is 20.4. The van der Waals surface area contributed by atoms with Gasteiger partial charge in [0.15, 0.2) is 0 Å². The smallest absolute Gasteiger partial charge is 0.231 e. The van der Waals surface area contributed by atoms with Gasteiger partial charge in [-0.2, -0.15) is 5.26 Å². The largest absolute Gasteiger partial charge is 0.475 e. The van der Waals surface area contributed by atoms with Crippen molar-refractivity contribution in [1.82, 2.24) is 9.88 Å². The van der Waals surface area contributed by atoms with Crippen LogP contribution in [0.2, 0.25) is 0 Å². The number of aromatic nitrogens is 1. The highest BCUT2D eigenvalue weighted by Crippen LogP contribution is 2.20. The second kappa shape index (κ2) is 5.83. The van der Waals surface area contributed by atoms with Gasteiger partial charge in [0.1, 0.15) is 18.2 Å². The van der Waals surface area contributed by atoms with Crippen LogP contribution in [0.3, 0.4) is 0 Å².